The van der Waals surface area contributed by atoms with Gasteiger partial charge in [-0.25, -0.2) is 0 Å². The van der Waals surface area contributed by atoms with Gasteiger partial charge in [0, 0.05) is 5.41 Å². The highest BCUT2D eigenvalue weighted by atomic mass is 15.3. The molecular formula is C23H38N+. The smallest absolute Gasteiger partial charge is 0.0837 e. The Hall–Kier alpha value is -0.820. The van der Waals surface area contributed by atoms with Crippen LogP contribution >= 0.6 is 0 Å². The Morgan fingerprint density at radius 2 is 1.83 bits per heavy atom. The van der Waals surface area contributed by atoms with Crippen LogP contribution in [0.15, 0.2) is 18.2 Å². The quantitative estimate of drug-likeness (QED) is 0.640. The lowest BCUT2D eigenvalue weighted by atomic mass is 9.49. The lowest BCUT2D eigenvalue weighted by Gasteiger charge is -2.56. The molecule has 0 amide bonds. The van der Waals surface area contributed by atoms with E-state index in [1.165, 1.54) is 44.2 Å². The van der Waals surface area contributed by atoms with Crippen LogP contribution in [0.1, 0.15) is 76.0 Å². The standard InChI is InChI=1S/C23H38N/c1-17(2)18-9-11-20-19(15-18)10-12-21-22(3,16-24(5,6)7)13-8-14-23(20,21)4/h9,11,15,17,21H,8,10,12-14,16H2,1-7H3/q+1/t21-,22+,23+/m0/s1. The number of hydrogen-bond acceptors (Lipinski definition) is 0. The van der Waals surface area contributed by atoms with Gasteiger partial charge in [0.05, 0.1) is 27.7 Å². The van der Waals surface area contributed by atoms with Crippen LogP contribution in [-0.4, -0.2) is 32.2 Å². The van der Waals surface area contributed by atoms with Crippen molar-refractivity contribution in [3.05, 3.63) is 34.9 Å². The van der Waals surface area contributed by atoms with Crippen LogP contribution in [0, 0.1) is 11.3 Å². The summed E-state index contributed by atoms with van der Waals surface area (Å²) in [6, 6.07) is 7.42. The van der Waals surface area contributed by atoms with E-state index in [2.05, 4.69) is 67.0 Å². The minimum atomic E-state index is 0.380. The summed E-state index contributed by atoms with van der Waals surface area (Å²) in [4.78, 5) is 0. The largest absolute Gasteiger partial charge is 0.330 e. The van der Waals surface area contributed by atoms with E-state index in [0.29, 0.717) is 16.7 Å². The first kappa shape index (κ1) is 18.0. The molecule has 2 aliphatic rings. The van der Waals surface area contributed by atoms with E-state index in [1.807, 2.05) is 0 Å². The number of aryl methyl sites for hydroxylation is 1. The van der Waals surface area contributed by atoms with Gasteiger partial charge in [-0.15, -0.1) is 0 Å². The second-order valence-electron chi connectivity index (χ2n) is 10.5. The van der Waals surface area contributed by atoms with E-state index in [9.17, 15) is 0 Å². The van der Waals surface area contributed by atoms with Crippen molar-refractivity contribution in [1.29, 1.82) is 0 Å². The number of rotatable bonds is 3. The molecule has 1 fully saturated rings. The van der Waals surface area contributed by atoms with Crippen LogP contribution in [-0.2, 0) is 11.8 Å². The second kappa shape index (κ2) is 5.87. The highest BCUT2D eigenvalue weighted by Crippen LogP contribution is 2.57. The van der Waals surface area contributed by atoms with Gasteiger partial charge >= 0.3 is 0 Å². The predicted octanol–water partition coefficient (Wildman–Crippen LogP) is 5.53. The molecule has 0 N–H and O–H groups in total. The minimum absolute atomic E-state index is 0.380. The fourth-order valence-electron chi connectivity index (χ4n) is 6.28. The van der Waals surface area contributed by atoms with Gasteiger partial charge in [-0.2, -0.15) is 0 Å². The van der Waals surface area contributed by atoms with E-state index in [1.54, 1.807) is 11.1 Å². The third kappa shape index (κ3) is 3.05. The van der Waals surface area contributed by atoms with Crippen molar-refractivity contribution >= 4 is 0 Å². The van der Waals surface area contributed by atoms with Gasteiger partial charge in [-0.3, -0.25) is 0 Å². The maximum atomic E-state index is 2.59. The zero-order valence-electron chi connectivity index (χ0n) is 17.1. The Labute approximate surface area is 150 Å². The van der Waals surface area contributed by atoms with E-state index < -0.39 is 0 Å². The van der Waals surface area contributed by atoms with E-state index >= 15 is 0 Å². The van der Waals surface area contributed by atoms with Crippen molar-refractivity contribution in [3.63, 3.8) is 0 Å². The zero-order valence-corrected chi connectivity index (χ0v) is 17.1. The average Bonchev–Trinajstić information content (AvgIpc) is 2.44. The predicted molar refractivity (Wildman–Crippen MR) is 105 cm³/mol. The van der Waals surface area contributed by atoms with Crippen molar-refractivity contribution in [2.24, 2.45) is 11.3 Å². The van der Waals surface area contributed by atoms with Gasteiger partial charge in [0.25, 0.3) is 0 Å². The van der Waals surface area contributed by atoms with Crippen molar-refractivity contribution in [1.82, 2.24) is 0 Å². The Morgan fingerprint density at radius 3 is 2.46 bits per heavy atom. The zero-order chi connectivity index (χ0) is 17.8. The third-order valence-electron chi connectivity index (χ3n) is 7.00. The molecule has 0 aliphatic heterocycles. The first-order valence-corrected chi connectivity index (χ1v) is 9.99. The maximum absolute atomic E-state index is 2.59. The summed E-state index contributed by atoms with van der Waals surface area (Å²) in [6.07, 6.45) is 6.82. The molecule has 1 nitrogen and oxygen atoms in total. The van der Waals surface area contributed by atoms with Gasteiger partial charge in [0.1, 0.15) is 0 Å². The van der Waals surface area contributed by atoms with Gasteiger partial charge in [0.15, 0.2) is 0 Å². The highest BCUT2D eigenvalue weighted by molar-refractivity contribution is 5.42. The van der Waals surface area contributed by atoms with Crippen LogP contribution in [0.25, 0.3) is 0 Å². The molecule has 0 bridgehead atoms. The summed E-state index contributed by atoms with van der Waals surface area (Å²) in [6.45, 7) is 11.1. The molecule has 0 unspecified atom stereocenters. The summed E-state index contributed by atoms with van der Waals surface area (Å²) in [5, 5.41) is 0. The fourth-order valence-corrected chi connectivity index (χ4v) is 6.28. The molecular weight excluding hydrogens is 290 g/mol. The molecule has 3 atom stereocenters. The molecule has 1 saturated carbocycles. The molecule has 0 spiro atoms. The molecule has 3 rings (SSSR count). The molecule has 0 aromatic heterocycles. The molecule has 1 aromatic rings. The fraction of sp³-hybridized carbons (Fsp3) is 0.739. The molecule has 2 aliphatic carbocycles. The van der Waals surface area contributed by atoms with E-state index in [4.69, 9.17) is 0 Å². The molecule has 0 saturated heterocycles. The lowest BCUT2D eigenvalue weighted by Crippen LogP contribution is -2.55. The number of quaternary nitrogens is 1. The van der Waals surface area contributed by atoms with Crippen molar-refractivity contribution in [2.45, 2.75) is 71.1 Å². The second-order valence-corrected chi connectivity index (χ2v) is 10.5. The van der Waals surface area contributed by atoms with Crippen LogP contribution in [0.4, 0.5) is 0 Å². The third-order valence-corrected chi connectivity index (χ3v) is 7.00. The van der Waals surface area contributed by atoms with E-state index in [0.717, 1.165) is 10.4 Å². The Balaban J connectivity index is 2.00. The maximum Gasteiger partial charge on any atom is 0.0837 e. The minimum Gasteiger partial charge on any atom is -0.330 e. The number of benzene rings is 1. The van der Waals surface area contributed by atoms with Crippen LogP contribution in [0.5, 0.6) is 0 Å². The van der Waals surface area contributed by atoms with Gasteiger partial charge in [0.2, 0.25) is 0 Å². The summed E-state index contributed by atoms with van der Waals surface area (Å²) < 4.78 is 1.09. The number of nitrogens with zero attached hydrogens (tertiary/aromatic N) is 1. The van der Waals surface area contributed by atoms with Crippen LogP contribution in [0.3, 0.4) is 0 Å². The summed E-state index contributed by atoms with van der Waals surface area (Å²) in [5.41, 5.74) is 5.69. The lowest BCUT2D eigenvalue weighted by molar-refractivity contribution is -0.878. The Bertz CT molecular complexity index is 609. The van der Waals surface area contributed by atoms with Crippen molar-refractivity contribution < 1.29 is 4.48 Å². The van der Waals surface area contributed by atoms with Crippen molar-refractivity contribution in [3.8, 4) is 0 Å². The van der Waals surface area contributed by atoms with E-state index in [-0.39, 0.29) is 0 Å². The van der Waals surface area contributed by atoms with Crippen LogP contribution < -0.4 is 0 Å². The average molecular weight is 329 g/mol. The normalized spacial score (nSPS) is 33.2. The topological polar surface area (TPSA) is 0 Å². The summed E-state index contributed by atoms with van der Waals surface area (Å²) in [7, 11) is 7.09. The van der Waals surface area contributed by atoms with Crippen molar-refractivity contribution in [2.75, 3.05) is 27.7 Å². The van der Waals surface area contributed by atoms with Gasteiger partial charge in [-0.1, -0.05) is 52.3 Å². The summed E-state index contributed by atoms with van der Waals surface area (Å²) in [5.74, 6) is 1.46. The highest BCUT2D eigenvalue weighted by Gasteiger charge is 2.53. The van der Waals surface area contributed by atoms with Gasteiger partial charge < -0.3 is 4.48 Å². The molecule has 0 radical (unpaired) electrons. The molecule has 1 aromatic carbocycles. The SMILES string of the molecule is CC(C)c1ccc2c(c1)CC[C@H]1[C@@](C)(C[N+](C)(C)C)CCC[C@]21C. The molecule has 1 heteroatoms. The monoisotopic (exact) mass is 328 g/mol. The number of hydrogen-bond donors (Lipinski definition) is 0. The first-order chi connectivity index (χ1) is 11.1. The Kier molecular flexibility index (Phi) is 4.40. The van der Waals surface area contributed by atoms with Crippen LogP contribution in [0.2, 0.25) is 0 Å². The molecule has 24 heavy (non-hydrogen) atoms. The number of fused-ring (bicyclic) bond motifs is 3. The molecule has 0 heterocycles. The summed E-state index contributed by atoms with van der Waals surface area (Å²) >= 11 is 0. The Morgan fingerprint density at radius 1 is 1.12 bits per heavy atom. The first-order valence-electron chi connectivity index (χ1n) is 9.99. The van der Waals surface area contributed by atoms with Gasteiger partial charge in [-0.05, 0) is 59.6 Å². The molecule has 134 valence electrons.